The maximum atomic E-state index is 4.76. The van der Waals surface area contributed by atoms with E-state index in [-0.39, 0.29) is 0 Å². The van der Waals surface area contributed by atoms with E-state index in [1.54, 1.807) is 0 Å². The molecule has 0 saturated carbocycles. The highest BCUT2D eigenvalue weighted by Crippen LogP contribution is 2.20. The Balaban J connectivity index is 1.54. The van der Waals surface area contributed by atoms with Gasteiger partial charge in [-0.1, -0.05) is 32.4 Å². The molecule has 0 saturated heterocycles. The van der Waals surface area contributed by atoms with Crippen molar-refractivity contribution in [1.82, 2.24) is 40.0 Å². The summed E-state index contributed by atoms with van der Waals surface area (Å²) in [6, 6.07) is 12.4. The number of H-pyrrole nitrogens is 1. The zero-order chi connectivity index (χ0) is 20.1. The van der Waals surface area contributed by atoms with Crippen molar-refractivity contribution in [3.63, 3.8) is 0 Å². The van der Waals surface area contributed by atoms with Gasteiger partial charge in [-0.25, -0.2) is 9.67 Å². The summed E-state index contributed by atoms with van der Waals surface area (Å²) in [5.41, 5.74) is 3.15. The van der Waals surface area contributed by atoms with Gasteiger partial charge in [0.05, 0.1) is 12.2 Å². The Morgan fingerprint density at radius 3 is 2.59 bits per heavy atom. The Labute approximate surface area is 170 Å². The van der Waals surface area contributed by atoms with Crippen LogP contribution in [-0.4, -0.2) is 40.0 Å². The molecule has 1 aromatic carbocycles. The molecule has 0 aliphatic rings. The average Bonchev–Trinajstić information content (AvgIpc) is 3.48. The highest BCUT2D eigenvalue weighted by molar-refractivity contribution is 5.54. The summed E-state index contributed by atoms with van der Waals surface area (Å²) in [5.74, 6) is 2.61. The van der Waals surface area contributed by atoms with E-state index in [1.807, 2.05) is 18.3 Å². The Kier molecular flexibility index (Phi) is 5.79. The number of aryl methyl sites for hydroxylation is 2. The summed E-state index contributed by atoms with van der Waals surface area (Å²) in [6.45, 7) is 5.10. The first-order valence-corrected chi connectivity index (χ1v) is 10.2. The fourth-order valence-corrected chi connectivity index (χ4v) is 3.40. The standard InChI is InChI=1S/C21H26N8/c1-3-5-9-20-22-19(7-4-2)25-29(20)15-16-10-12-17(13-11-16)28-14-6-8-18(28)21-23-26-27-24-21/h6,8,10-14H,3-5,7,9,15H2,1-2H3,(H,23,24,26,27). The Morgan fingerprint density at radius 1 is 1.00 bits per heavy atom. The molecule has 29 heavy (non-hydrogen) atoms. The molecule has 3 aromatic heterocycles. The molecule has 0 aliphatic carbocycles. The molecule has 1 N–H and O–H groups in total. The van der Waals surface area contributed by atoms with Crippen molar-refractivity contribution in [2.45, 2.75) is 52.5 Å². The first-order chi connectivity index (χ1) is 14.3. The van der Waals surface area contributed by atoms with Gasteiger partial charge in [0.25, 0.3) is 0 Å². The number of aromatic nitrogens is 8. The van der Waals surface area contributed by atoms with Crippen LogP contribution in [-0.2, 0) is 19.4 Å². The van der Waals surface area contributed by atoms with Gasteiger partial charge in [0.2, 0.25) is 5.82 Å². The van der Waals surface area contributed by atoms with Crippen molar-refractivity contribution >= 4 is 0 Å². The highest BCUT2D eigenvalue weighted by Gasteiger charge is 2.12. The third-order valence-corrected chi connectivity index (χ3v) is 4.89. The molecular weight excluding hydrogens is 364 g/mol. The fraction of sp³-hybridized carbons (Fsp3) is 0.381. The quantitative estimate of drug-likeness (QED) is 0.472. The summed E-state index contributed by atoms with van der Waals surface area (Å²) in [4.78, 5) is 4.76. The number of hydrogen-bond acceptors (Lipinski definition) is 5. The molecule has 0 radical (unpaired) electrons. The SMILES string of the molecule is CCCCc1nc(CCC)nn1Cc1ccc(-n2cccc2-c2nn[nH]n2)cc1. The number of nitrogens with zero attached hydrogens (tertiary/aromatic N) is 7. The van der Waals surface area contributed by atoms with Gasteiger partial charge in [0.1, 0.15) is 5.82 Å². The van der Waals surface area contributed by atoms with E-state index in [9.17, 15) is 0 Å². The first kappa shape index (κ1) is 19.0. The Hall–Kier alpha value is -3.29. The lowest BCUT2D eigenvalue weighted by atomic mass is 10.2. The van der Waals surface area contributed by atoms with Crippen LogP contribution < -0.4 is 0 Å². The molecule has 0 amide bonds. The van der Waals surface area contributed by atoms with Gasteiger partial charge in [-0.15, -0.1) is 10.2 Å². The van der Waals surface area contributed by atoms with Crippen molar-refractivity contribution in [3.8, 4) is 17.2 Å². The van der Waals surface area contributed by atoms with Crippen LogP contribution in [0.3, 0.4) is 0 Å². The van der Waals surface area contributed by atoms with Gasteiger partial charge in [0.15, 0.2) is 5.82 Å². The third-order valence-electron chi connectivity index (χ3n) is 4.89. The van der Waals surface area contributed by atoms with Crippen LogP contribution in [0.1, 0.15) is 50.3 Å². The number of nitrogens with one attached hydrogen (secondary N) is 1. The largest absolute Gasteiger partial charge is 0.314 e. The van der Waals surface area contributed by atoms with Gasteiger partial charge in [-0.2, -0.15) is 10.3 Å². The lowest BCUT2D eigenvalue weighted by molar-refractivity contribution is 0.613. The van der Waals surface area contributed by atoms with E-state index >= 15 is 0 Å². The van der Waals surface area contributed by atoms with Crippen LogP contribution in [0.2, 0.25) is 0 Å². The monoisotopic (exact) mass is 390 g/mol. The van der Waals surface area contributed by atoms with E-state index in [1.165, 1.54) is 5.56 Å². The summed E-state index contributed by atoms with van der Waals surface area (Å²) >= 11 is 0. The van der Waals surface area contributed by atoms with E-state index in [0.717, 1.165) is 61.7 Å². The first-order valence-electron chi connectivity index (χ1n) is 10.2. The molecule has 0 spiro atoms. The predicted molar refractivity (Wildman–Crippen MR) is 111 cm³/mol. The minimum Gasteiger partial charge on any atom is -0.314 e. The van der Waals surface area contributed by atoms with Gasteiger partial charge < -0.3 is 4.57 Å². The topological polar surface area (TPSA) is 90.1 Å². The molecule has 3 heterocycles. The van der Waals surface area contributed by atoms with E-state index < -0.39 is 0 Å². The van der Waals surface area contributed by atoms with Crippen LogP contribution in [0.15, 0.2) is 42.6 Å². The summed E-state index contributed by atoms with van der Waals surface area (Å²) in [5, 5.41) is 19.1. The minimum atomic E-state index is 0.575. The third kappa shape index (κ3) is 4.26. The summed E-state index contributed by atoms with van der Waals surface area (Å²) in [6.07, 6.45) is 7.25. The molecule has 150 valence electrons. The number of rotatable bonds is 9. The predicted octanol–water partition coefficient (Wildman–Crippen LogP) is 3.59. The summed E-state index contributed by atoms with van der Waals surface area (Å²) < 4.78 is 4.12. The maximum Gasteiger partial charge on any atom is 0.221 e. The van der Waals surface area contributed by atoms with Crippen LogP contribution in [0.5, 0.6) is 0 Å². The molecule has 8 nitrogen and oxygen atoms in total. The normalized spacial score (nSPS) is 11.2. The van der Waals surface area contributed by atoms with Crippen LogP contribution in [0.25, 0.3) is 17.2 Å². The molecule has 4 rings (SSSR count). The Bertz CT molecular complexity index is 1030. The van der Waals surface area contributed by atoms with Crippen LogP contribution in [0.4, 0.5) is 0 Å². The zero-order valence-corrected chi connectivity index (χ0v) is 16.9. The second kappa shape index (κ2) is 8.81. The van der Waals surface area contributed by atoms with E-state index in [0.29, 0.717) is 5.82 Å². The number of unbranched alkanes of at least 4 members (excludes halogenated alkanes) is 1. The fourth-order valence-electron chi connectivity index (χ4n) is 3.40. The average molecular weight is 390 g/mol. The van der Waals surface area contributed by atoms with Gasteiger partial charge >= 0.3 is 0 Å². The van der Waals surface area contributed by atoms with Gasteiger partial charge in [-0.05, 0) is 47.9 Å². The maximum absolute atomic E-state index is 4.76. The molecule has 0 aliphatic heterocycles. The number of benzene rings is 1. The van der Waals surface area contributed by atoms with Crippen molar-refractivity contribution in [1.29, 1.82) is 0 Å². The smallest absolute Gasteiger partial charge is 0.221 e. The molecular formula is C21H26N8. The Morgan fingerprint density at radius 2 is 1.86 bits per heavy atom. The van der Waals surface area contributed by atoms with Crippen LogP contribution in [0, 0.1) is 0 Å². The molecule has 0 atom stereocenters. The second-order valence-corrected chi connectivity index (χ2v) is 7.12. The van der Waals surface area contributed by atoms with Crippen molar-refractivity contribution in [2.24, 2.45) is 0 Å². The number of hydrogen-bond donors (Lipinski definition) is 1. The van der Waals surface area contributed by atoms with Crippen molar-refractivity contribution in [3.05, 3.63) is 59.8 Å². The molecule has 0 fully saturated rings. The zero-order valence-electron chi connectivity index (χ0n) is 16.9. The van der Waals surface area contributed by atoms with E-state index in [2.05, 4.69) is 68.0 Å². The van der Waals surface area contributed by atoms with Crippen molar-refractivity contribution in [2.75, 3.05) is 0 Å². The van der Waals surface area contributed by atoms with E-state index in [4.69, 9.17) is 10.1 Å². The molecule has 8 heteroatoms. The lowest BCUT2D eigenvalue weighted by Gasteiger charge is -2.09. The van der Waals surface area contributed by atoms with Gasteiger partial charge in [0, 0.05) is 24.7 Å². The number of aromatic amines is 1. The lowest BCUT2D eigenvalue weighted by Crippen LogP contribution is -2.07. The minimum absolute atomic E-state index is 0.575. The molecule has 0 bridgehead atoms. The van der Waals surface area contributed by atoms with Crippen molar-refractivity contribution < 1.29 is 0 Å². The van der Waals surface area contributed by atoms with Crippen LogP contribution >= 0.6 is 0 Å². The highest BCUT2D eigenvalue weighted by atomic mass is 15.5. The van der Waals surface area contributed by atoms with Gasteiger partial charge in [-0.3, -0.25) is 0 Å². The number of tetrazole rings is 1. The summed E-state index contributed by atoms with van der Waals surface area (Å²) in [7, 11) is 0. The second-order valence-electron chi connectivity index (χ2n) is 7.12. The molecule has 0 unspecified atom stereocenters. The molecule has 4 aromatic rings.